The first-order chi connectivity index (χ1) is 11.7. The van der Waals surface area contributed by atoms with E-state index in [-0.39, 0.29) is 6.54 Å². The zero-order chi connectivity index (χ0) is 18.7. The Morgan fingerprint density at radius 3 is 2.00 bits per heavy atom. The Kier molecular flexibility index (Phi) is 5.63. The maximum absolute atomic E-state index is 11.9. The summed E-state index contributed by atoms with van der Waals surface area (Å²) in [7, 11) is -3.43. The first-order valence-corrected chi connectivity index (χ1v) is 9.52. The number of nitrogens with zero attached hydrogens (tertiary/aromatic N) is 1. The summed E-state index contributed by atoms with van der Waals surface area (Å²) in [4.78, 5) is 0. The summed E-state index contributed by atoms with van der Waals surface area (Å²) in [6.45, 7) is 4.66. The minimum atomic E-state index is -3.43. The third-order valence-corrected chi connectivity index (χ3v) is 5.88. The Balaban J connectivity index is 2.16. The van der Waals surface area contributed by atoms with Gasteiger partial charge in [0.15, 0.2) is 0 Å². The molecule has 2 rings (SSSR count). The predicted octanol–water partition coefficient (Wildman–Crippen LogP) is 2.76. The molecule has 0 aromatic heterocycles. The molecule has 0 spiro atoms. The van der Waals surface area contributed by atoms with Crippen molar-refractivity contribution in [3.63, 3.8) is 0 Å². The van der Waals surface area contributed by atoms with Crippen LogP contribution >= 0.6 is 0 Å². The lowest BCUT2D eigenvalue weighted by atomic mass is 9.94. The molecule has 5 nitrogen and oxygen atoms in total. The second kappa shape index (κ2) is 7.36. The van der Waals surface area contributed by atoms with Crippen molar-refractivity contribution in [2.75, 3.05) is 6.54 Å². The molecule has 2 aromatic carbocycles. The second-order valence-corrected chi connectivity index (χ2v) is 8.78. The highest BCUT2D eigenvalue weighted by Gasteiger charge is 2.26. The molecule has 0 bridgehead atoms. The summed E-state index contributed by atoms with van der Waals surface area (Å²) in [6, 6.07) is 16.6. The number of rotatable bonds is 6. The number of aliphatic hydroxyl groups is 1. The predicted molar refractivity (Wildman–Crippen MR) is 98.2 cm³/mol. The van der Waals surface area contributed by atoms with E-state index >= 15 is 0 Å². The van der Waals surface area contributed by atoms with Gasteiger partial charge < -0.3 is 5.11 Å². The molecule has 1 atom stereocenters. The summed E-state index contributed by atoms with van der Waals surface area (Å²) in [5.74, 6) is 0. The quantitative estimate of drug-likeness (QED) is 0.831. The number of nitriles is 1. The van der Waals surface area contributed by atoms with Gasteiger partial charge in [-0.05, 0) is 49.6 Å². The highest BCUT2D eigenvalue weighted by molar-refractivity contribution is 7.90. The van der Waals surface area contributed by atoms with Crippen LogP contribution in [0.15, 0.2) is 48.5 Å². The van der Waals surface area contributed by atoms with Crippen molar-refractivity contribution in [2.24, 2.45) is 0 Å². The minimum absolute atomic E-state index is 0.0935. The molecule has 0 saturated carbocycles. The molecule has 2 N–H and O–H groups in total. The number of hydrogen-bond donors (Lipinski definition) is 2. The molecule has 0 amide bonds. The Morgan fingerprint density at radius 2 is 1.56 bits per heavy atom. The molecule has 0 saturated heterocycles. The third-order valence-electron chi connectivity index (χ3n) is 4.09. The number of nitrogens with one attached hydrogen (secondary N) is 1. The second-order valence-electron chi connectivity index (χ2n) is 6.46. The van der Waals surface area contributed by atoms with Crippen LogP contribution in [0.4, 0.5) is 0 Å². The van der Waals surface area contributed by atoms with Gasteiger partial charge in [-0.15, -0.1) is 0 Å². The van der Waals surface area contributed by atoms with E-state index in [2.05, 4.69) is 10.8 Å². The zero-order valence-corrected chi connectivity index (χ0v) is 15.3. The van der Waals surface area contributed by atoms with Crippen molar-refractivity contribution in [1.29, 1.82) is 5.26 Å². The van der Waals surface area contributed by atoms with Gasteiger partial charge in [-0.1, -0.05) is 36.4 Å². The summed E-state index contributed by atoms with van der Waals surface area (Å²) < 4.78 is 26.2. The average Bonchev–Trinajstić information content (AvgIpc) is 2.60. The SMILES string of the molecule is CC(C)S(=O)(=O)NCC(C)(O)c1ccc(-c2ccc(C#N)cc2)cc1. The van der Waals surface area contributed by atoms with Gasteiger partial charge in [0.25, 0.3) is 0 Å². The smallest absolute Gasteiger partial charge is 0.214 e. The molecule has 1 unspecified atom stereocenters. The fourth-order valence-electron chi connectivity index (χ4n) is 2.27. The Labute approximate surface area is 149 Å². The van der Waals surface area contributed by atoms with Crippen LogP contribution in [-0.4, -0.2) is 25.3 Å². The van der Waals surface area contributed by atoms with Crippen LogP contribution in [0.5, 0.6) is 0 Å². The third kappa shape index (κ3) is 4.67. The normalized spacial score (nSPS) is 14.1. The van der Waals surface area contributed by atoms with E-state index in [0.29, 0.717) is 11.1 Å². The van der Waals surface area contributed by atoms with Crippen LogP contribution < -0.4 is 4.72 Å². The molecular formula is C19H22N2O3S. The summed E-state index contributed by atoms with van der Waals surface area (Å²) in [6.07, 6.45) is 0. The molecule has 0 aliphatic carbocycles. The van der Waals surface area contributed by atoms with E-state index in [1.165, 1.54) is 0 Å². The van der Waals surface area contributed by atoms with Gasteiger partial charge in [0.1, 0.15) is 5.60 Å². The van der Waals surface area contributed by atoms with Crippen LogP contribution in [0.3, 0.4) is 0 Å². The van der Waals surface area contributed by atoms with Crippen LogP contribution in [-0.2, 0) is 15.6 Å². The van der Waals surface area contributed by atoms with E-state index in [1.54, 1.807) is 45.0 Å². The molecule has 0 aliphatic heterocycles. The molecule has 6 heteroatoms. The van der Waals surface area contributed by atoms with Gasteiger partial charge in [-0.3, -0.25) is 0 Å². The Bertz CT molecular complexity index is 862. The lowest BCUT2D eigenvalue weighted by molar-refractivity contribution is 0.0627. The van der Waals surface area contributed by atoms with Crippen LogP contribution in [0.25, 0.3) is 11.1 Å². The first kappa shape index (κ1) is 19.1. The van der Waals surface area contributed by atoms with Crippen LogP contribution in [0, 0.1) is 11.3 Å². The van der Waals surface area contributed by atoms with E-state index in [1.807, 2.05) is 24.3 Å². The molecule has 0 heterocycles. The Morgan fingerprint density at radius 1 is 1.08 bits per heavy atom. The zero-order valence-electron chi connectivity index (χ0n) is 14.5. The topological polar surface area (TPSA) is 90.2 Å². The average molecular weight is 358 g/mol. The minimum Gasteiger partial charge on any atom is -0.384 e. The molecule has 25 heavy (non-hydrogen) atoms. The highest BCUT2D eigenvalue weighted by atomic mass is 32.2. The molecule has 0 aliphatic rings. The van der Waals surface area contributed by atoms with Crippen molar-refractivity contribution >= 4 is 10.0 Å². The van der Waals surface area contributed by atoms with Crippen molar-refractivity contribution in [2.45, 2.75) is 31.6 Å². The molecule has 132 valence electrons. The van der Waals surface area contributed by atoms with Crippen molar-refractivity contribution in [3.8, 4) is 17.2 Å². The van der Waals surface area contributed by atoms with E-state index < -0.39 is 20.9 Å². The van der Waals surface area contributed by atoms with Crippen molar-refractivity contribution in [3.05, 3.63) is 59.7 Å². The maximum atomic E-state index is 11.9. The van der Waals surface area contributed by atoms with E-state index in [0.717, 1.165) is 11.1 Å². The van der Waals surface area contributed by atoms with Gasteiger partial charge in [-0.25, -0.2) is 13.1 Å². The first-order valence-electron chi connectivity index (χ1n) is 7.97. The number of benzene rings is 2. The van der Waals surface area contributed by atoms with Crippen LogP contribution in [0.2, 0.25) is 0 Å². The summed E-state index contributed by atoms with van der Waals surface area (Å²) >= 11 is 0. The molecule has 0 fully saturated rings. The van der Waals surface area contributed by atoms with Gasteiger partial charge in [-0.2, -0.15) is 5.26 Å². The number of sulfonamides is 1. The van der Waals surface area contributed by atoms with E-state index in [9.17, 15) is 13.5 Å². The molecule has 0 radical (unpaired) electrons. The maximum Gasteiger partial charge on any atom is 0.214 e. The fourth-order valence-corrected chi connectivity index (χ4v) is 3.08. The van der Waals surface area contributed by atoms with Crippen LogP contribution in [0.1, 0.15) is 31.9 Å². The standard InChI is InChI=1S/C19H22N2O3S/c1-14(2)25(23,24)21-13-19(3,22)18-10-8-17(9-11-18)16-6-4-15(12-20)5-7-16/h4-11,14,21-22H,13H2,1-3H3. The molecule has 2 aromatic rings. The van der Waals surface area contributed by atoms with Gasteiger partial charge in [0.05, 0.1) is 16.9 Å². The molecular weight excluding hydrogens is 336 g/mol. The van der Waals surface area contributed by atoms with Gasteiger partial charge >= 0.3 is 0 Å². The van der Waals surface area contributed by atoms with E-state index in [4.69, 9.17) is 5.26 Å². The lowest BCUT2D eigenvalue weighted by Crippen LogP contribution is -2.41. The van der Waals surface area contributed by atoms with Crippen molar-refractivity contribution in [1.82, 2.24) is 4.72 Å². The summed E-state index contributed by atoms with van der Waals surface area (Å²) in [5, 5.41) is 18.9. The van der Waals surface area contributed by atoms with Gasteiger partial charge in [0, 0.05) is 6.54 Å². The summed E-state index contributed by atoms with van der Waals surface area (Å²) in [5.41, 5.74) is 1.82. The lowest BCUT2D eigenvalue weighted by Gasteiger charge is -2.25. The number of hydrogen-bond acceptors (Lipinski definition) is 4. The largest absolute Gasteiger partial charge is 0.384 e. The van der Waals surface area contributed by atoms with Gasteiger partial charge in [0.2, 0.25) is 10.0 Å². The Hall–Kier alpha value is -2.20. The highest BCUT2D eigenvalue weighted by Crippen LogP contribution is 2.25. The van der Waals surface area contributed by atoms with Crippen molar-refractivity contribution < 1.29 is 13.5 Å². The monoisotopic (exact) mass is 358 g/mol. The fraction of sp³-hybridized carbons (Fsp3) is 0.316.